The smallest absolute Gasteiger partial charge is 0.220 e. The molecule has 2 atom stereocenters. The van der Waals surface area contributed by atoms with Crippen LogP contribution < -0.4 is 10.6 Å². The van der Waals surface area contributed by atoms with Gasteiger partial charge in [-0.05, 0) is 18.1 Å². The maximum absolute atomic E-state index is 11.7. The fraction of sp³-hybridized carbons (Fsp3) is 0.500. The number of benzene rings is 1. The van der Waals surface area contributed by atoms with E-state index in [4.69, 9.17) is 11.6 Å². The van der Waals surface area contributed by atoms with Gasteiger partial charge in [-0.3, -0.25) is 4.79 Å². The van der Waals surface area contributed by atoms with E-state index in [2.05, 4.69) is 10.6 Å². The van der Waals surface area contributed by atoms with Crippen molar-refractivity contribution in [2.45, 2.75) is 18.9 Å². The third-order valence-electron chi connectivity index (χ3n) is 3.44. The number of hydrogen-bond acceptors (Lipinski definition) is 3. The van der Waals surface area contributed by atoms with Crippen molar-refractivity contribution in [2.75, 3.05) is 19.6 Å². The minimum atomic E-state index is -0.358. The van der Waals surface area contributed by atoms with E-state index in [0.717, 1.165) is 12.1 Å². The molecule has 0 aromatic heterocycles. The molecule has 1 heterocycles. The zero-order chi connectivity index (χ0) is 13.7. The summed E-state index contributed by atoms with van der Waals surface area (Å²) in [7, 11) is 0. The fourth-order valence-corrected chi connectivity index (χ4v) is 2.44. The number of nitrogens with one attached hydrogen (secondary N) is 2. The molecule has 20 heavy (non-hydrogen) atoms. The minimum absolute atomic E-state index is 0. The summed E-state index contributed by atoms with van der Waals surface area (Å²) in [5.41, 5.74) is 0.988. The molecule has 1 saturated heterocycles. The lowest BCUT2D eigenvalue weighted by atomic mass is 10.1. The first-order valence-electron chi connectivity index (χ1n) is 6.55. The molecule has 3 N–H and O–H groups in total. The van der Waals surface area contributed by atoms with Crippen molar-refractivity contribution >= 4 is 29.9 Å². The molecular weight excluding hydrogens is 299 g/mol. The Morgan fingerprint density at radius 1 is 1.40 bits per heavy atom. The largest absolute Gasteiger partial charge is 0.391 e. The van der Waals surface area contributed by atoms with Crippen molar-refractivity contribution in [3.63, 3.8) is 0 Å². The Morgan fingerprint density at radius 3 is 2.80 bits per heavy atom. The molecular formula is C14H20Cl2N2O2. The van der Waals surface area contributed by atoms with E-state index in [1.165, 1.54) is 0 Å². The predicted molar refractivity (Wildman–Crippen MR) is 82.4 cm³/mol. The molecule has 0 radical (unpaired) electrons. The predicted octanol–water partition coefficient (Wildman–Crippen LogP) is 1.39. The van der Waals surface area contributed by atoms with Crippen molar-refractivity contribution in [1.29, 1.82) is 0 Å². The highest BCUT2D eigenvalue weighted by Gasteiger charge is 2.24. The summed E-state index contributed by atoms with van der Waals surface area (Å²) in [5, 5.41) is 16.3. The Bertz CT molecular complexity index is 443. The molecule has 1 fully saturated rings. The van der Waals surface area contributed by atoms with Crippen LogP contribution in [-0.2, 0) is 11.2 Å². The van der Waals surface area contributed by atoms with Gasteiger partial charge >= 0.3 is 0 Å². The van der Waals surface area contributed by atoms with Gasteiger partial charge in [-0.25, -0.2) is 0 Å². The zero-order valence-corrected chi connectivity index (χ0v) is 12.7. The number of rotatable bonds is 5. The van der Waals surface area contributed by atoms with Crippen LogP contribution in [0.3, 0.4) is 0 Å². The third kappa shape index (κ3) is 4.94. The van der Waals surface area contributed by atoms with Crippen LogP contribution in [0, 0.1) is 5.92 Å². The second-order valence-corrected chi connectivity index (χ2v) is 5.29. The monoisotopic (exact) mass is 318 g/mol. The fourth-order valence-electron chi connectivity index (χ4n) is 2.21. The SMILES string of the molecule is Cl.O=C(CCc1ccccc1Cl)NCC1CNCC1O. The van der Waals surface area contributed by atoms with Gasteiger partial charge < -0.3 is 15.7 Å². The van der Waals surface area contributed by atoms with Gasteiger partial charge in [-0.15, -0.1) is 12.4 Å². The standard InChI is InChI=1S/C14H19ClN2O2.ClH/c15-12-4-2-1-3-10(12)5-6-14(19)17-8-11-7-16-9-13(11)18;/h1-4,11,13,16,18H,5-9H2,(H,17,19);1H. The third-order valence-corrected chi connectivity index (χ3v) is 3.81. The molecule has 1 aromatic rings. The van der Waals surface area contributed by atoms with E-state index in [9.17, 15) is 9.90 Å². The average Bonchev–Trinajstić information content (AvgIpc) is 2.81. The van der Waals surface area contributed by atoms with E-state index >= 15 is 0 Å². The number of amides is 1. The lowest BCUT2D eigenvalue weighted by Crippen LogP contribution is -2.34. The number of aryl methyl sites for hydroxylation is 1. The van der Waals surface area contributed by atoms with Crippen molar-refractivity contribution in [1.82, 2.24) is 10.6 Å². The van der Waals surface area contributed by atoms with Gasteiger partial charge in [0.2, 0.25) is 5.91 Å². The molecule has 2 rings (SSSR count). The molecule has 0 aliphatic carbocycles. The Hall–Kier alpha value is -0.810. The molecule has 1 aliphatic rings. The molecule has 1 amide bonds. The Kier molecular flexibility index (Phi) is 7.30. The number of hydrogen-bond donors (Lipinski definition) is 3. The summed E-state index contributed by atoms with van der Waals surface area (Å²) in [5.74, 6) is 0.114. The summed E-state index contributed by atoms with van der Waals surface area (Å²) in [4.78, 5) is 11.7. The zero-order valence-electron chi connectivity index (χ0n) is 11.1. The molecule has 1 aliphatic heterocycles. The Morgan fingerprint density at radius 2 is 2.15 bits per heavy atom. The molecule has 0 saturated carbocycles. The first kappa shape index (κ1) is 17.2. The van der Waals surface area contributed by atoms with E-state index in [1.54, 1.807) is 0 Å². The van der Waals surface area contributed by atoms with Gasteiger partial charge in [0, 0.05) is 37.0 Å². The van der Waals surface area contributed by atoms with Crippen molar-refractivity contribution in [3.8, 4) is 0 Å². The van der Waals surface area contributed by atoms with Crippen LogP contribution >= 0.6 is 24.0 Å². The molecule has 0 spiro atoms. The van der Waals surface area contributed by atoms with E-state index in [-0.39, 0.29) is 30.3 Å². The van der Waals surface area contributed by atoms with Gasteiger partial charge in [0.05, 0.1) is 6.10 Å². The number of carbonyl (C=O) groups excluding carboxylic acids is 1. The first-order valence-corrected chi connectivity index (χ1v) is 6.93. The highest BCUT2D eigenvalue weighted by atomic mass is 35.5. The van der Waals surface area contributed by atoms with Crippen LogP contribution in [0.1, 0.15) is 12.0 Å². The molecule has 6 heteroatoms. The van der Waals surface area contributed by atoms with Crippen LogP contribution in [0.2, 0.25) is 5.02 Å². The van der Waals surface area contributed by atoms with Gasteiger partial charge in [0.1, 0.15) is 0 Å². The van der Waals surface area contributed by atoms with Crippen LogP contribution in [0.25, 0.3) is 0 Å². The van der Waals surface area contributed by atoms with E-state index < -0.39 is 0 Å². The van der Waals surface area contributed by atoms with Crippen LogP contribution in [0.4, 0.5) is 0 Å². The Balaban J connectivity index is 0.00000200. The van der Waals surface area contributed by atoms with E-state index in [0.29, 0.717) is 31.0 Å². The van der Waals surface area contributed by atoms with Crippen LogP contribution in [0.5, 0.6) is 0 Å². The second-order valence-electron chi connectivity index (χ2n) is 4.88. The van der Waals surface area contributed by atoms with Crippen molar-refractivity contribution < 1.29 is 9.90 Å². The van der Waals surface area contributed by atoms with Crippen LogP contribution in [-0.4, -0.2) is 36.8 Å². The number of aliphatic hydroxyl groups is 1. The second kappa shape index (κ2) is 8.47. The maximum atomic E-state index is 11.7. The maximum Gasteiger partial charge on any atom is 0.220 e. The summed E-state index contributed by atoms with van der Waals surface area (Å²) < 4.78 is 0. The number of β-amino-alcohol motifs (C(OH)–C–C–N with tert-alkyl or cyclic N) is 1. The first-order chi connectivity index (χ1) is 9.16. The molecule has 0 bridgehead atoms. The summed E-state index contributed by atoms with van der Waals surface area (Å²) in [6.45, 7) is 1.89. The highest BCUT2D eigenvalue weighted by molar-refractivity contribution is 6.31. The van der Waals surface area contributed by atoms with E-state index in [1.807, 2.05) is 24.3 Å². The molecule has 2 unspecified atom stereocenters. The van der Waals surface area contributed by atoms with Gasteiger partial charge in [0.25, 0.3) is 0 Å². The lowest BCUT2D eigenvalue weighted by molar-refractivity contribution is -0.121. The normalized spacial score (nSPS) is 21.3. The topological polar surface area (TPSA) is 61.4 Å². The summed E-state index contributed by atoms with van der Waals surface area (Å²) in [6, 6.07) is 7.55. The number of aliphatic hydroxyl groups excluding tert-OH is 1. The van der Waals surface area contributed by atoms with Gasteiger partial charge in [-0.1, -0.05) is 29.8 Å². The van der Waals surface area contributed by atoms with Gasteiger partial charge in [-0.2, -0.15) is 0 Å². The van der Waals surface area contributed by atoms with Gasteiger partial charge in [0.15, 0.2) is 0 Å². The van der Waals surface area contributed by atoms with Crippen LogP contribution in [0.15, 0.2) is 24.3 Å². The lowest BCUT2D eigenvalue weighted by Gasteiger charge is -2.14. The van der Waals surface area contributed by atoms with Crippen molar-refractivity contribution in [3.05, 3.63) is 34.9 Å². The highest BCUT2D eigenvalue weighted by Crippen LogP contribution is 2.16. The quantitative estimate of drug-likeness (QED) is 0.769. The minimum Gasteiger partial charge on any atom is -0.391 e. The summed E-state index contributed by atoms with van der Waals surface area (Å²) >= 11 is 6.03. The van der Waals surface area contributed by atoms with Crippen molar-refractivity contribution in [2.24, 2.45) is 5.92 Å². The summed E-state index contributed by atoms with van der Waals surface area (Å²) in [6.07, 6.45) is 0.695. The average molecular weight is 319 g/mol. The Labute approximate surface area is 130 Å². The molecule has 112 valence electrons. The molecule has 4 nitrogen and oxygen atoms in total. The molecule has 1 aromatic carbocycles. The number of halogens is 2. The number of carbonyl (C=O) groups is 1.